The number of rotatable bonds is 5. The van der Waals surface area contributed by atoms with Crippen LogP contribution in [-0.2, 0) is 17.6 Å². The molecule has 0 aliphatic heterocycles. The Hall–Kier alpha value is -2.32. The van der Waals surface area contributed by atoms with Crippen molar-refractivity contribution in [2.24, 2.45) is 0 Å². The zero-order chi connectivity index (χ0) is 24.7. The van der Waals surface area contributed by atoms with Crippen molar-refractivity contribution in [1.29, 1.82) is 0 Å². The van der Waals surface area contributed by atoms with Crippen LogP contribution in [0, 0.1) is 13.8 Å². The minimum absolute atomic E-state index is 0.0914. The number of anilines is 1. The first-order valence-corrected chi connectivity index (χ1v) is 13.9. The zero-order valence-corrected chi connectivity index (χ0v) is 22.4. The Morgan fingerprint density at radius 1 is 1.14 bits per heavy atom. The van der Waals surface area contributed by atoms with Gasteiger partial charge in [-0.2, -0.15) is 0 Å². The van der Waals surface area contributed by atoms with E-state index in [-0.39, 0.29) is 17.2 Å². The molecular weight excluding hydrogens is 521 g/mol. The molecule has 4 aromatic rings. The number of hydrogen-bond acceptors (Lipinski definition) is 5. The van der Waals surface area contributed by atoms with E-state index >= 15 is 0 Å². The molecule has 0 bridgehead atoms. The molecule has 5 nitrogen and oxygen atoms in total. The van der Waals surface area contributed by atoms with Crippen molar-refractivity contribution in [3.05, 3.63) is 78.4 Å². The molecule has 1 N–H and O–H groups in total. The van der Waals surface area contributed by atoms with Crippen LogP contribution in [0.25, 0.3) is 15.9 Å². The maximum Gasteiger partial charge on any atom is 0.267 e. The molecule has 1 amide bonds. The molecule has 1 aliphatic rings. The van der Waals surface area contributed by atoms with Crippen molar-refractivity contribution in [3.8, 4) is 5.69 Å². The summed E-state index contributed by atoms with van der Waals surface area (Å²) in [6, 6.07) is 10.9. The topological polar surface area (TPSA) is 64.0 Å². The van der Waals surface area contributed by atoms with Gasteiger partial charge in [0, 0.05) is 20.6 Å². The molecule has 0 fully saturated rings. The standard InChI is InChI=1S/C26H23Cl2N3O2S2/c1-14-10-11-16(12-19(14)28)29-22(32)13-34-26-30-24-23(17-6-3-4-9-21(17)35-24)25(33)31(26)20-8-5-7-18(27)15(20)2/h5,7-8,10-12H,3-4,6,9,13H2,1-2H3,(H,29,32). The van der Waals surface area contributed by atoms with E-state index in [9.17, 15) is 9.59 Å². The van der Waals surface area contributed by atoms with Gasteiger partial charge < -0.3 is 5.32 Å². The Morgan fingerprint density at radius 2 is 1.94 bits per heavy atom. The average molecular weight is 545 g/mol. The van der Waals surface area contributed by atoms with E-state index in [1.54, 1.807) is 28.0 Å². The summed E-state index contributed by atoms with van der Waals surface area (Å²) < 4.78 is 1.62. The Balaban J connectivity index is 1.54. The number of aryl methyl sites for hydroxylation is 3. The fraction of sp³-hybridized carbons (Fsp3) is 0.269. The maximum absolute atomic E-state index is 13.9. The monoisotopic (exact) mass is 543 g/mol. The summed E-state index contributed by atoms with van der Waals surface area (Å²) in [5, 5.41) is 5.22. The minimum Gasteiger partial charge on any atom is -0.325 e. The van der Waals surface area contributed by atoms with Gasteiger partial charge in [-0.25, -0.2) is 4.98 Å². The highest BCUT2D eigenvalue weighted by Crippen LogP contribution is 2.36. The molecule has 35 heavy (non-hydrogen) atoms. The number of thioether (sulfide) groups is 1. The molecule has 0 unspecified atom stereocenters. The van der Waals surface area contributed by atoms with Crippen LogP contribution in [0.4, 0.5) is 5.69 Å². The predicted molar refractivity (Wildman–Crippen MR) is 147 cm³/mol. The number of nitrogens with zero attached hydrogens (tertiary/aromatic N) is 2. The van der Waals surface area contributed by atoms with Crippen LogP contribution in [0.15, 0.2) is 46.3 Å². The fourth-order valence-corrected chi connectivity index (χ4v) is 6.79. The van der Waals surface area contributed by atoms with Gasteiger partial charge in [0.1, 0.15) is 4.83 Å². The average Bonchev–Trinajstić information content (AvgIpc) is 3.21. The molecule has 180 valence electrons. The third-order valence-electron chi connectivity index (χ3n) is 6.23. The van der Waals surface area contributed by atoms with E-state index in [4.69, 9.17) is 28.2 Å². The van der Waals surface area contributed by atoms with Crippen LogP contribution in [-0.4, -0.2) is 21.2 Å². The predicted octanol–water partition coefficient (Wildman–Crippen LogP) is 6.98. The smallest absolute Gasteiger partial charge is 0.267 e. The molecule has 0 saturated carbocycles. The van der Waals surface area contributed by atoms with E-state index in [2.05, 4.69) is 5.32 Å². The molecular formula is C26H23Cl2N3O2S2. The third kappa shape index (κ3) is 4.75. The summed E-state index contributed by atoms with van der Waals surface area (Å²) in [7, 11) is 0. The lowest BCUT2D eigenvalue weighted by Crippen LogP contribution is -2.24. The number of hydrogen-bond donors (Lipinski definition) is 1. The normalized spacial score (nSPS) is 13.1. The first-order chi connectivity index (χ1) is 16.8. The first kappa shape index (κ1) is 24.4. The number of nitrogens with one attached hydrogen (secondary N) is 1. The fourth-order valence-electron chi connectivity index (χ4n) is 4.33. The highest BCUT2D eigenvalue weighted by molar-refractivity contribution is 7.99. The molecule has 0 radical (unpaired) electrons. The van der Waals surface area contributed by atoms with Crippen molar-refractivity contribution in [2.45, 2.75) is 44.7 Å². The second-order valence-corrected chi connectivity index (χ2v) is 11.5. The van der Waals surface area contributed by atoms with E-state index < -0.39 is 0 Å². The van der Waals surface area contributed by atoms with Crippen LogP contribution in [0.3, 0.4) is 0 Å². The van der Waals surface area contributed by atoms with Gasteiger partial charge in [-0.1, -0.05) is 47.1 Å². The van der Waals surface area contributed by atoms with Gasteiger partial charge in [0.15, 0.2) is 5.16 Å². The van der Waals surface area contributed by atoms with Crippen molar-refractivity contribution in [2.75, 3.05) is 11.1 Å². The number of amides is 1. The third-order valence-corrected chi connectivity index (χ3v) is 9.17. The van der Waals surface area contributed by atoms with Gasteiger partial charge >= 0.3 is 0 Å². The molecule has 2 aromatic heterocycles. The summed E-state index contributed by atoms with van der Waals surface area (Å²) in [6.07, 6.45) is 4.09. The zero-order valence-electron chi connectivity index (χ0n) is 19.3. The van der Waals surface area contributed by atoms with Crippen molar-refractivity contribution < 1.29 is 4.79 Å². The number of thiophene rings is 1. The number of benzene rings is 2. The molecule has 0 spiro atoms. The number of aromatic nitrogens is 2. The van der Waals surface area contributed by atoms with Crippen LogP contribution < -0.4 is 10.9 Å². The van der Waals surface area contributed by atoms with Gasteiger partial charge in [-0.3, -0.25) is 14.2 Å². The van der Waals surface area contributed by atoms with Crippen molar-refractivity contribution in [3.63, 3.8) is 0 Å². The maximum atomic E-state index is 13.9. The van der Waals surface area contributed by atoms with Crippen molar-refractivity contribution >= 4 is 68.1 Å². The Bertz CT molecular complexity index is 1530. The highest BCUT2D eigenvalue weighted by atomic mass is 35.5. The van der Waals surface area contributed by atoms with Crippen LogP contribution >= 0.6 is 46.3 Å². The van der Waals surface area contributed by atoms with Gasteiger partial charge in [0.05, 0.1) is 16.8 Å². The summed E-state index contributed by atoms with van der Waals surface area (Å²) in [5.74, 6) is -0.113. The first-order valence-electron chi connectivity index (χ1n) is 11.3. The van der Waals surface area contributed by atoms with Gasteiger partial charge in [-0.05, 0) is 80.5 Å². The molecule has 9 heteroatoms. The van der Waals surface area contributed by atoms with Gasteiger partial charge in [0.2, 0.25) is 5.91 Å². The molecule has 1 aliphatic carbocycles. The van der Waals surface area contributed by atoms with E-state index in [0.29, 0.717) is 32.0 Å². The number of carbonyl (C=O) groups excluding carboxylic acids is 1. The number of carbonyl (C=O) groups is 1. The van der Waals surface area contributed by atoms with E-state index in [1.807, 2.05) is 38.1 Å². The second kappa shape index (κ2) is 9.97. The van der Waals surface area contributed by atoms with E-state index in [1.165, 1.54) is 16.6 Å². The number of fused-ring (bicyclic) bond motifs is 3. The highest BCUT2D eigenvalue weighted by Gasteiger charge is 2.24. The van der Waals surface area contributed by atoms with Gasteiger partial charge in [-0.15, -0.1) is 11.3 Å². The summed E-state index contributed by atoms with van der Waals surface area (Å²) in [4.78, 5) is 33.5. The lowest BCUT2D eigenvalue weighted by molar-refractivity contribution is -0.113. The molecule has 2 heterocycles. The quantitative estimate of drug-likeness (QED) is 0.218. The molecule has 2 aromatic carbocycles. The summed E-state index contributed by atoms with van der Waals surface area (Å²) in [5.41, 5.74) is 4.07. The number of halogens is 2. The lowest BCUT2D eigenvalue weighted by atomic mass is 9.97. The summed E-state index contributed by atoms with van der Waals surface area (Å²) >= 11 is 15.4. The minimum atomic E-state index is -0.205. The molecule has 5 rings (SSSR count). The SMILES string of the molecule is Cc1ccc(NC(=O)CSc2nc3sc4c(c3c(=O)n2-c2cccc(Cl)c2C)CCCC4)cc1Cl. The van der Waals surface area contributed by atoms with Crippen molar-refractivity contribution in [1.82, 2.24) is 9.55 Å². The molecule has 0 saturated heterocycles. The van der Waals surface area contributed by atoms with Crippen LogP contribution in [0.1, 0.15) is 34.4 Å². The second-order valence-electron chi connectivity index (χ2n) is 8.61. The lowest BCUT2D eigenvalue weighted by Gasteiger charge is -2.16. The Kier molecular flexibility index (Phi) is 6.95. The van der Waals surface area contributed by atoms with Gasteiger partial charge in [0.25, 0.3) is 5.56 Å². The molecule has 0 atom stereocenters. The van der Waals surface area contributed by atoms with Crippen LogP contribution in [0.2, 0.25) is 10.0 Å². The summed E-state index contributed by atoms with van der Waals surface area (Å²) in [6.45, 7) is 3.80. The Morgan fingerprint density at radius 3 is 2.74 bits per heavy atom. The Labute approximate surface area is 221 Å². The van der Waals surface area contributed by atoms with E-state index in [0.717, 1.165) is 47.2 Å². The largest absolute Gasteiger partial charge is 0.325 e. The van der Waals surface area contributed by atoms with Crippen LogP contribution in [0.5, 0.6) is 0 Å².